The SMILES string of the molecule is NCC(=O)c1ccc(SC2CC2)c(Cl)c1. The molecule has 2 N–H and O–H groups in total. The van der Waals surface area contributed by atoms with Gasteiger partial charge in [0.15, 0.2) is 5.78 Å². The molecule has 0 amide bonds. The minimum atomic E-state index is -0.0696. The van der Waals surface area contributed by atoms with Crippen molar-refractivity contribution < 1.29 is 4.79 Å². The lowest BCUT2D eigenvalue weighted by molar-refractivity contribution is 0.100. The second-order valence-electron chi connectivity index (χ2n) is 3.59. The average Bonchev–Trinajstić information content (AvgIpc) is 3.04. The standard InChI is InChI=1S/C11H12ClNOS/c12-9-5-7(10(14)6-13)1-4-11(9)15-8-2-3-8/h1,4-5,8H,2-3,6,13H2. The first-order valence-electron chi connectivity index (χ1n) is 4.90. The lowest BCUT2D eigenvalue weighted by atomic mass is 10.1. The summed E-state index contributed by atoms with van der Waals surface area (Å²) in [5.41, 5.74) is 5.88. The van der Waals surface area contributed by atoms with E-state index in [0.717, 1.165) is 10.1 Å². The predicted octanol–water partition coefficient (Wildman–Crippen LogP) is 2.74. The van der Waals surface area contributed by atoms with E-state index in [1.165, 1.54) is 12.8 Å². The lowest BCUT2D eigenvalue weighted by Gasteiger charge is -2.04. The lowest BCUT2D eigenvalue weighted by Crippen LogP contribution is -2.13. The van der Waals surface area contributed by atoms with E-state index in [-0.39, 0.29) is 12.3 Å². The maximum Gasteiger partial charge on any atom is 0.176 e. The minimum Gasteiger partial charge on any atom is -0.324 e. The molecule has 0 aliphatic heterocycles. The summed E-state index contributed by atoms with van der Waals surface area (Å²) >= 11 is 7.88. The molecule has 0 unspecified atom stereocenters. The van der Waals surface area contributed by atoms with Crippen molar-refractivity contribution in [2.45, 2.75) is 23.0 Å². The average molecular weight is 242 g/mol. The molecule has 1 aliphatic carbocycles. The number of carbonyl (C=O) groups excluding carboxylic acids is 1. The van der Waals surface area contributed by atoms with Gasteiger partial charge >= 0.3 is 0 Å². The molecule has 0 radical (unpaired) electrons. The highest BCUT2D eigenvalue weighted by atomic mass is 35.5. The highest BCUT2D eigenvalue weighted by molar-refractivity contribution is 8.00. The third-order valence-electron chi connectivity index (χ3n) is 2.26. The zero-order chi connectivity index (χ0) is 10.8. The first-order valence-corrected chi connectivity index (χ1v) is 6.16. The van der Waals surface area contributed by atoms with Crippen LogP contribution >= 0.6 is 23.4 Å². The zero-order valence-electron chi connectivity index (χ0n) is 8.20. The summed E-state index contributed by atoms with van der Waals surface area (Å²) in [7, 11) is 0. The van der Waals surface area contributed by atoms with Gasteiger partial charge in [0.25, 0.3) is 0 Å². The predicted molar refractivity (Wildman–Crippen MR) is 63.7 cm³/mol. The quantitative estimate of drug-likeness (QED) is 0.825. The second-order valence-corrected chi connectivity index (χ2v) is 5.34. The van der Waals surface area contributed by atoms with E-state index < -0.39 is 0 Å². The zero-order valence-corrected chi connectivity index (χ0v) is 9.77. The molecule has 2 rings (SSSR count). The Bertz CT molecular complexity index is 390. The molecule has 0 aromatic heterocycles. The molecule has 0 spiro atoms. The van der Waals surface area contributed by atoms with Crippen LogP contribution in [0.1, 0.15) is 23.2 Å². The Morgan fingerprint density at radius 1 is 1.53 bits per heavy atom. The molecule has 1 aliphatic rings. The molecule has 15 heavy (non-hydrogen) atoms. The molecule has 0 saturated heterocycles. The van der Waals surface area contributed by atoms with Gasteiger partial charge < -0.3 is 5.73 Å². The van der Waals surface area contributed by atoms with E-state index in [4.69, 9.17) is 17.3 Å². The number of thioether (sulfide) groups is 1. The molecule has 80 valence electrons. The van der Waals surface area contributed by atoms with Crippen LogP contribution in [0.15, 0.2) is 23.1 Å². The summed E-state index contributed by atoms with van der Waals surface area (Å²) in [6.07, 6.45) is 2.54. The first-order chi connectivity index (χ1) is 7.20. The van der Waals surface area contributed by atoms with Crippen molar-refractivity contribution in [3.05, 3.63) is 28.8 Å². The molecular weight excluding hydrogens is 230 g/mol. The number of hydrogen-bond donors (Lipinski definition) is 1. The van der Waals surface area contributed by atoms with Crippen molar-refractivity contribution in [2.75, 3.05) is 6.54 Å². The van der Waals surface area contributed by atoms with Crippen LogP contribution < -0.4 is 5.73 Å². The summed E-state index contributed by atoms with van der Waals surface area (Å²) in [6.45, 7) is 0.0332. The molecule has 0 atom stereocenters. The van der Waals surface area contributed by atoms with Gasteiger partial charge in [-0.05, 0) is 25.0 Å². The summed E-state index contributed by atoms with van der Waals surface area (Å²) in [6, 6.07) is 5.42. The smallest absolute Gasteiger partial charge is 0.176 e. The van der Waals surface area contributed by atoms with E-state index in [1.54, 1.807) is 23.9 Å². The van der Waals surface area contributed by atoms with Crippen LogP contribution in [0.3, 0.4) is 0 Å². The van der Waals surface area contributed by atoms with Crippen LogP contribution in [0, 0.1) is 0 Å². The van der Waals surface area contributed by atoms with Gasteiger partial charge in [-0.15, -0.1) is 11.8 Å². The monoisotopic (exact) mass is 241 g/mol. The topological polar surface area (TPSA) is 43.1 Å². The largest absolute Gasteiger partial charge is 0.324 e. The van der Waals surface area contributed by atoms with Crippen molar-refractivity contribution in [1.82, 2.24) is 0 Å². The molecular formula is C11H12ClNOS. The van der Waals surface area contributed by atoms with Crippen LogP contribution in [0.25, 0.3) is 0 Å². The van der Waals surface area contributed by atoms with E-state index in [0.29, 0.717) is 10.6 Å². The molecule has 4 heteroatoms. The Hall–Kier alpha value is -0.510. The number of benzene rings is 1. The summed E-state index contributed by atoms with van der Waals surface area (Å²) in [4.78, 5) is 12.4. The fourth-order valence-corrected chi connectivity index (χ4v) is 2.62. The molecule has 1 saturated carbocycles. The van der Waals surface area contributed by atoms with Crippen LogP contribution in [0.5, 0.6) is 0 Å². The fraction of sp³-hybridized carbons (Fsp3) is 0.364. The number of carbonyl (C=O) groups is 1. The van der Waals surface area contributed by atoms with Crippen LogP contribution in [0.2, 0.25) is 5.02 Å². The van der Waals surface area contributed by atoms with E-state index in [9.17, 15) is 4.79 Å². The highest BCUT2D eigenvalue weighted by Gasteiger charge is 2.23. The molecule has 1 aromatic carbocycles. The summed E-state index contributed by atoms with van der Waals surface area (Å²) < 4.78 is 0. The van der Waals surface area contributed by atoms with Gasteiger partial charge in [-0.25, -0.2) is 0 Å². The van der Waals surface area contributed by atoms with Crippen molar-refractivity contribution >= 4 is 29.1 Å². The number of Topliss-reactive ketones (excluding diaryl/α,β-unsaturated/α-hetero) is 1. The maximum absolute atomic E-state index is 11.3. The molecule has 1 fully saturated rings. The Balaban J connectivity index is 2.17. The Labute approximate surface area is 98.2 Å². The summed E-state index contributed by atoms with van der Waals surface area (Å²) in [5, 5.41) is 1.38. The number of rotatable bonds is 4. The third-order valence-corrected chi connectivity index (χ3v) is 4.10. The number of nitrogens with two attached hydrogens (primary N) is 1. The Morgan fingerprint density at radius 3 is 2.80 bits per heavy atom. The van der Waals surface area contributed by atoms with Gasteiger partial charge in [0.2, 0.25) is 0 Å². The van der Waals surface area contributed by atoms with Gasteiger partial charge in [-0.1, -0.05) is 17.7 Å². The van der Waals surface area contributed by atoms with E-state index >= 15 is 0 Å². The summed E-state index contributed by atoms with van der Waals surface area (Å²) in [5.74, 6) is -0.0696. The van der Waals surface area contributed by atoms with Crippen molar-refractivity contribution in [1.29, 1.82) is 0 Å². The van der Waals surface area contributed by atoms with Crippen molar-refractivity contribution in [3.63, 3.8) is 0 Å². The van der Waals surface area contributed by atoms with Crippen LogP contribution in [-0.2, 0) is 0 Å². The molecule has 2 nitrogen and oxygen atoms in total. The van der Waals surface area contributed by atoms with E-state index in [2.05, 4.69) is 0 Å². The van der Waals surface area contributed by atoms with Crippen molar-refractivity contribution in [2.24, 2.45) is 5.73 Å². The van der Waals surface area contributed by atoms with Gasteiger partial charge in [0, 0.05) is 15.7 Å². The second kappa shape index (κ2) is 4.56. The number of halogens is 1. The maximum atomic E-state index is 11.3. The minimum absolute atomic E-state index is 0.0332. The number of hydrogen-bond acceptors (Lipinski definition) is 3. The third kappa shape index (κ3) is 2.74. The normalized spacial score (nSPS) is 15.3. The Kier molecular flexibility index (Phi) is 3.34. The fourth-order valence-electron chi connectivity index (χ4n) is 1.25. The van der Waals surface area contributed by atoms with Gasteiger partial charge in [0.05, 0.1) is 11.6 Å². The first kappa shape index (κ1) is 11.0. The van der Waals surface area contributed by atoms with Crippen LogP contribution in [-0.4, -0.2) is 17.6 Å². The molecule has 1 aromatic rings. The van der Waals surface area contributed by atoms with E-state index in [1.807, 2.05) is 6.07 Å². The molecule has 0 bridgehead atoms. The Morgan fingerprint density at radius 2 is 2.27 bits per heavy atom. The molecule has 0 heterocycles. The van der Waals surface area contributed by atoms with Gasteiger partial charge in [-0.2, -0.15) is 0 Å². The van der Waals surface area contributed by atoms with Gasteiger partial charge in [-0.3, -0.25) is 4.79 Å². The highest BCUT2D eigenvalue weighted by Crippen LogP contribution is 2.41. The van der Waals surface area contributed by atoms with Gasteiger partial charge in [0.1, 0.15) is 0 Å². The number of ketones is 1. The van der Waals surface area contributed by atoms with Crippen molar-refractivity contribution in [3.8, 4) is 0 Å². The van der Waals surface area contributed by atoms with Crippen LogP contribution in [0.4, 0.5) is 0 Å².